The normalized spacial score (nSPS) is 10.8. The van der Waals surface area contributed by atoms with Gasteiger partial charge in [-0.2, -0.15) is 0 Å². The predicted octanol–water partition coefficient (Wildman–Crippen LogP) is 4.71. The van der Waals surface area contributed by atoms with Crippen LogP contribution in [0.2, 0.25) is 0 Å². The Labute approximate surface area is 161 Å². The van der Waals surface area contributed by atoms with Crippen molar-refractivity contribution in [2.45, 2.75) is 39.3 Å². The standard InChI is InChI=1S/C22H30FNO3/c1-3-4-14-26-15-6-13-24-16-19-7-5-8-21(25-2)22(19)27-17-18-9-11-20(23)12-10-18/h5,7-12,24H,3-4,6,13-17H2,1-2H3. The Hall–Kier alpha value is -2.11. The molecule has 0 aliphatic rings. The molecule has 0 aromatic heterocycles. The first-order valence-corrected chi connectivity index (χ1v) is 9.56. The fraction of sp³-hybridized carbons (Fsp3) is 0.455. The molecule has 1 N–H and O–H groups in total. The van der Waals surface area contributed by atoms with Gasteiger partial charge in [0.25, 0.3) is 0 Å². The Morgan fingerprint density at radius 1 is 1.00 bits per heavy atom. The Morgan fingerprint density at radius 2 is 1.78 bits per heavy atom. The third-order valence-electron chi connectivity index (χ3n) is 4.18. The van der Waals surface area contributed by atoms with Gasteiger partial charge in [0.15, 0.2) is 11.5 Å². The van der Waals surface area contributed by atoms with Crippen molar-refractivity contribution in [3.63, 3.8) is 0 Å². The molecular weight excluding hydrogens is 345 g/mol. The first-order valence-electron chi connectivity index (χ1n) is 9.56. The van der Waals surface area contributed by atoms with Gasteiger partial charge in [-0.3, -0.25) is 0 Å². The molecule has 0 heterocycles. The number of hydrogen-bond acceptors (Lipinski definition) is 4. The lowest BCUT2D eigenvalue weighted by molar-refractivity contribution is 0.128. The summed E-state index contributed by atoms with van der Waals surface area (Å²) in [5.41, 5.74) is 1.94. The minimum absolute atomic E-state index is 0.250. The van der Waals surface area contributed by atoms with E-state index in [4.69, 9.17) is 14.2 Å². The summed E-state index contributed by atoms with van der Waals surface area (Å²) in [6.45, 7) is 5.70. The maximum atomic E-state index is 13.0. The van der Waals surface area contributed by atoms with E-state index in [1.807, 2.05) is 18.2 Å². The molecular formula is C22H30FNO3. The van der Waals surface area contributed by atoms with Crippen molar-refractivity contribution in [1.82, 2.24) is 5.32 Å². The lowest BCUT2D eigenvalue weighted by atomic mass is 10.1. The highest BCUT2D eigenvalue weighted by molar-refractivity contribution is 5.46. The van der Waals surface area contributed by atoms with Gasteiger partial charge in [-0.25, -0.2) is 4.39 Å². The molecule has 0 aliphatic carbocycles. The van der Waals surface area contributed by atoms with Gasteiger partial charge < -0.3 is 19.5 Å². The first kappa shape index (κ1) is 21.2. The van der Waals surface area contributed by atoms with Crippen LogP contribution in [-0.4, -0.2) is 26.9 Å². The van der Waals surface area contributed by atoms with Gasteiger partial charge in [-0.1, -0.05) is 37.6 Å². The van der Waals surface area contributed by atoms with E-state index < -0.39 is 0 Å². The monoisotopic (exact) mass is 375 g/mol. The average Bonchev–Trinajstić information content (AvgIpc) is 2.69. The predicted molar refractivity (Wildman–Crippen MR) is 106 cm³/mol. The average molecular weight is 375 g/mol. The summed E-state index contributed by atoms with van der Waals surface area (Å²) in [6.07, 6.45) is 3.25. The summed E-state index contributed by atoms with van der Waals surface area (Å²) >= 11 is 0. The fourth-order valence-electron chi connectivity index (χ4n) is 2.63. The topological polar surface area (TPSA) is 39.7 Å². The molecule has 0 unspecified atom stereocenters. The highest BCUT2D eigenvalue weighted by Crippen LogP contribution is 2.31. The van der Waals surface area contributed by atoms with Crippen LogP contribution in [-0.2, 0) is 17.9 Å². The van der Waals surface area contributed by atoms with Crippen LogP contribution in [0.25, 0.3) is 0 Å². The van der Waals surface area contributed by atoms with Gasteiger partial charge in [0.1, 0.15) is 12.4 Å². The number of benzene rings is 2. The number of ether oxygens (including phenoxy) is 3. The zero-order chi connectivity index (χ0) is 19.3. The van der Waals surface area contributed by atoms with Gasteiger partial charge in [0.05, 0.1) is 7.11 Å². The highest BCUT2D eigenvalue weighted by atomic mass is 19.1. The smallest absolute Gasteiger partial charge is 0.166 e. The maximum Gasteiger partial charge on any atom is 0.166 e. The minimum atomic E-state index is -0.250. The molecule has 0 saturated carbocycles. The van der Waals surface area contributed by atoms with E-state index in [9.17, 15) is 4.39 Å². The van der Waals surface area contributed by atoms with E-state index >= 15 is 0 Å². The van der Waals surface area contributed by atoms with Gasteiger partial charge in [-0.05, 0) is 43.1 Å². The maximum absolute atomic E-state index is 13.0. The summed E-state index contributed by atoms with van der Waals surface area (Å²) in [5.74, 6) is 1.16. The summed E-state index contributed by atoms with van der Waals surface area (Å²) in [4.78, 5) is 0. The van der Waals surface area contributed by atoms with E-state index in [1.165, 1.54) is 12.1 Å². The molecule has 0 fully saturated rings. The minimum Gasteiger partial charge on any atom is -0.493 e. The molecule has 0 saturated heterocycles. The Morgan fingerprint density at radius 3 is 2.52 bits per heavy atom. The lowest BCUT2D eigenvalue weighted by Gasteiger charge is -2.16. The van der Waals surface area contributed by atoms with Crippen molar-refractivity contribution in [1.29, 1.82) is 0 Å². The van der Waals surface area contributed by atoms with E-state index in [0.717, 1.165) is 55.9 Å². The lowest BCUT2D eigenvalue weighted by Crippen LogP contribution is -2.17. The van der Waals surface area contributed by atoms with Crippen molar-refractivity contribution < 1.29 is 18.6 Å². The van der Waals surface area contributed by atoms with Crippen molar-refractivity contribution in [2.24, 2.45) is 0 Å². The molecule has 4 nitrogen and oxygen atoms in total. The molecule has 2 aromatic rings. The summed E-state index contributed by atoms with van der Waals surface area (Å²) in [6, 6.07) is 12.2. The molecule has 0 radical (unpaired) electrons. The molecule has 2 rings (SSSR count). The van der Waals surface area contributed by atoms with Crippen molar-refractivity contribution in [3.05, 3.63) is 59.4 Å². The second-order valence-corrected chi connectivity index (χ2v) is 6.36. The highest BCUT2D eigenvalue weighted by Gasteiger charge is 2.11. The number of nitrogens with one attached hydrogen (secondary N) is 1. The molecule has 0 aliphatic heterocycles. The molecule has 0 amide bonds. The molecule has 5 heteroatoms. The molecule has 0 bridgehead atoms. The SMILES string of the molecule is CCCCOCCCNCc1cccc(OC)c1OCc1ccc(F)cc1. The fourth-order valence-corrected chi connectivity index (χ4v) is 2.63. The second-order valence-electron chi connectivity index (χ2n) is 6.36. The molecule has 0 spiro atoms. The quantitative estimate of drug-likeness (QED) is 0.515. The molecule has 27 heavy (non-hydrogen) atoms. The summed E-state index contributed by atoms with van der Waals surface area (Å²) in [7, 11) is 1.63. The second kappa shape index (κ2) is 12.3. The van der Waals surface area contributed by atoms with Crippen LogP contribution < -0.4 is 14.8 Å². The Balaban J connectivity index is 1.85. The molecule has 148 valence electrons. The van der Waals surface area contributed by atoms with Crippen LogP contribution in [0.4, 0.5) is 4.39 Å². The van der Waals surface area contributed by atoms with E-state index in [2.05, 4.69) is 12.2 Å². The van der Waals surface area contributed by atoms with E-state index in [-0.39, 0.29) is 5.82 Å². The third-order valence-corrected chi connectivity index (χ3v) is 4.18. The number of rotatable bonds is 13. The van der Waals surface area contributed by atoms with Crippen molar-refractivity contribution >= 4 is 0 Å². The van der Waals surface area contributed by atoms with Gasteiger partial charge >= 0.3 is 0 Å². The largest absolute Gasteiger partial charge is 0.493 e. The Kier molecular flexibility index (Phi) is 9.66. The number of hydrogen-bond donors (Lipinski definition) is 1. The first-order chi connectivity index (χ1) is 13.2. The van der Waals surface area contributed by atoms with E-state index in [1.54, 1.807) is 19.2 Å². The molecule has 0 atom stereocenters. The van der Waals surface area contributed by atoms with Crippen LogP contribution in [0, 0.1) is 5.82 Å². The van der Waals surface area contributed by atoms with Crippen LogP contribution in [0.5, 0.6) is 11.5 Å². The zero-order valence-corrected chi connectivity index (χ0v) is 16.3. The third kappa shape index (κ3) is 7.57. The van der Waals surface area contributed by atoms with Crippen LogP contribution >= 0.6 is 0 Å². The summed E-state index contributed by atoms with van der Waals surface area (Å²) in [5, 5.41) is 3.42. The Bertz CT molecular complexity index is 661. The zero-order valence-electron chi connectivity index (χ0n) is 16.3. The van der Waals surface area contributed by atoms with E-state index in [0.29, 0.717) is 18.9 Å². The summed E-state index contributed by atoms with van der Waals surface area (Å²) < 4.78 is 30.1. The van der Waals surface area contributed by atoms with Gasteiger partial charge in [-0.15, -0.1) is 0 Å². The molecule has 2 aromatic carbocycles. The number of halogens is 1. The van der Waals surface area contributed by atoms with Crippen LogP contribution in [0.3, 0.4) is 0 Å². The van der Waals surface area contributed by atoms with Crippen LogP contribution in [0.1, 0.15) is 37.3 Å². The number of methoxy groups -OCH3 is 1. The number of unbranched alkanes of at least 4 members (excludes halogenated alkanes) is 1. The van der Waals surface area contributed by atoms with Crippen molar-refractivity contribution in [2.75, 3.05) is 26.9 Å². The van der Waals surface area contributed by atoms with Crippen molar-refractivity contribution in [3.8, 4) is 11.5 Å². The number of para-hydroxylation sites is 1. The van der Waals surface area contributed by atoms with Gasteiger partial charge in [0, 0.05) is 25.3 Å². The van der Waals surface area contributed by atoms with Crippen LogP contribution in [0.15, 0.2) is 42.5 Å². The van der Waals surface area contributed by atoms with Gasteiger partial charge in [0.2, 0.25) is 0 Å².